The molecule has 0 saturated heterocycles. The van der Waals surface area contributed by atoms with Gasteiger partial charge in [-0.25, -0.2) is 4.57 Å². The standard InChI is InChI=1S/C54H104NO7P/c1-3-5-7-9-11-13-15-17-19-21-23-24-25-26-27-28-29-31-33-35-37-39-41-43-45-47-54(56)62-53(52-61-63(57,58)60-50-48-55)51-59-49-46-44-42-40-38-36-34-32-30-22-20-18-16-14-12-10-8-6-4-2/h15,17,20-23,53H,3-14,16,18-19,24-52,55H2,1-2H3,(H,57,58)/b17-15-,22-20-,23-21-. The number of phosphoric ester groups is 1. The molecule has 0 radical (unpaired) electrons. The molecule has 0 aliphatic rings. The lowest BCUT2D eigenvalue weighted by Crippen LogP contribution is -2.28. The normalized spacial score (nSPS) is 13.5. The van der Waals surface area contributed by atoms with Crippen molar-refractivity contribution in [2.24, 2.45) is 5.73 Å². The summed E-state index contributed by atoms with van der Waals surface area (Å²) in [5.41, 5.74) is 5.39. The summed E-state index contributed by atoms with van der Waals surface area (Å²) >= 11 is 0. The average Bonchev–Trinajstić information content (AvgIpc) is 3.28. The van der Waals surface area contributed by atoms with Crippen LogP contribution in [-0.4, -0.2) is 49.9 Å². The summed E-state index contributed by atoms with van der Waals surface area (Å²) in [4.78, 5) is 22.6. The zero-order valence-electron chi connectivity index (χ0n) is 41.6. The fourth-order valence-corrected chi connectivity index (χ4v) is 8.55. The average molecular weight is 910 g/mol. The van der Waals surface area contributed by atoms with Crippen molar-refractivity contribution in [1.82, 2.24) is 0 Å². The largest absolute Gasteiger partial charge is 0.472 e. The molecule has 0 saturated carbocycles. The number of rotatable bonds is 52. The highest BCUT2D eigenvalue weighted by atomic mass is 31.2. The third kappa shape index (κ3) is 51.6. The van der Waals surface area contributed by atoms with E-state index in [1.54, 1.807) is 0 Å². The Morgan fingerprint density at radius 3 is 1.25 bits per heavy atom. The predicted molar refractivity (Wildman–Crippen MR) is 270 cm³/mol. The molecular weight excluding hydrogens is 806 g/mol. The fraction of sp³-hybridized carbons (Fsp3) is 0.870. The van der Waals surface area contributed by atoms with Crippen molar-refractivity contribution in [3.05, 3.63) is 36.5 Å². The molecule has 0 rings (SSSR count). The minimum absolute atomic E-state index is 0.0952. The van der Waals surface area contributed by atoms with E-state index in [1.807, 2.05) is 0 Å². The Balaban J connectivity index is 3.90. The molecule has 3 N–H and O–H groups in total. The number of unbranched alkanes of at least 4 members (excludes halogenated alkanes) is 33. The first kappa shape index (κ1) is 61.7. The molecule has 0 aliphatic carbocycles. The van der Waals surface area contributed by atoms with Crippen LogP contribution in [0.3, 0.4) is 0 Å². The third-order valence-corrected chi connectivity index (χ3v) is 12.8. The topological polar surface area (TPSA) is 117 Å². The maximum absolute atomic E-state index is 12.7. The zero-order valence-corrected chi connectivity index (χ0v) is 42.5. The van der Waals surface area contributed by atoms with Crippen molar-refractivity contribution in [2.45, 2.75) is 270 Å². The Morgan fingerprint density at radius 2 is 0.841 bits per heavy atom. The highest BCUT2D eigenvalue weighted by molar-refractivity contribution is 7.47. The number of nitrogens with two attached hydrogens (primary N) is 1. The van der Waals surface area contributed by atoms with E-state index in [1.165, 1.54) is 205 Å². The van der Waals surface area contributed by atoms with Crippen LogP contribution in [0.4, 0.5) is 0 Å². The number of carbonyl (C=O) groups is 1. The van der Waals surface area contributed by atoms with E-state index in [2.05, 4.69) is 50.3 Å². The molecule has 63 heavy (non-hydrogen) atoms. The fourth-order valence-electron chi connectivity index (χ4n) is 7.79. The van der Waals surface area contributed by atoms with Gasteiger partial charge in [-0.2, -0.15) is 0 Å². The number of phosphoric acid groups is 1. The van der Waals surface area contributed by atoms with Crippen LogP contribution in [0, 0.1) is 0 Å². The predicted octanol–water partition coefficient (Wildman–Crippen LogP) is 16.9. The van der Waals surface area contributed by atoms with E-state index in [0.29, 0.717) is 13.0 Å². The minimum Gasteiger partial charge on any atom is -0.457 e. The highest BCUT2D eigenvalue weighted by Crippen LogP contribution is 2.43. The molecule has 0 aromatic carbocycles. The maximum Gasteiger partial charge on any atom is 0.472 e. The van der Waals surface area contributed by atoms with Gasteiger partial charge < -0.3 is 20.1 Å². The Kier molecular flexibility index (Phi) is 50.7. The van der Waals surface area contributed by atoms with E-state index in [-0.39, 0.29) is 32.3 Å². The van der Waals surface area contributed by atoms with Crippen LogP contribution in [-0.2, 0) is 27.9 Å². The van der Waals surface area contributed by atoms with Gasteiger partial charge in [0.05, 0.1) is 19.8 Å². The summed E-state index contributed by atoms with van der Waals surface area (Å²) in [6.45, 7) is 4.95. The maximum atomic E-state index is 12.7. The first-order valence-corrected chi connectivity index (χ1v) is 28.5. The molecule has 0 aromatic heterocycles. The number of carbonyl (C=O) groups excluding carboxylic acids is 1. The summed E-state index contributed by atoms with van der Waals surface area (Å²) in [5.74, 6) is -0.328. The molecule has 0 spiro atoms. The van der Waals surface area contributed by atoms with Gasteiger partial charge in [0.25, 0.3) is 0 Å². The molecule has 9 heteroatoms. The van der Waals surface area contributed by atoms with Gasteiger partial charge >= 0.3 is 13.8 Å². The van der Waals surface area contributed by atoms with Crippen LogP contribution in [0.15, 0.2) is 36.5 Å². The number of esters is 1. The monoisotopic (exact) mass is 910 g/mol. The first-order valence-electron chi connectivity index (χ1n) is 27.0. The molecule has 2 atom stereocenters. The molecule has 0 fully saturated rings. The minimum atomic E-state index is -4.28. The van der Waals surface area contributed by atoms with Gasteiger partial charge in [-0.15, -0.1) is 0 Å². The van der Waals surface area contributed by atoms with Crippen molar-refractivity contribution >= 4 is 13.8 Å². The van der Waals surface area contributed by atoms with E-state index in [4.69, 9.17) is 24.3 Å². The van der Waals surface area contributed by atoms with Crippen LogP contribution < -0.4 is 5.73 Å². The second-order valence-corrected chi connectivity index (χ2v) is 19.5. The SMILES string of the molecule is CCCCCCC/C=C\C/C=C\CCCCCCCCCCCCCCCC(=O)OC(COCCCCCCCCCC/C=C\CCCCCCCCC)COP(=O)(O)OCCN. The van der Waals surface area contributed by atoms with Crippen molar-refractivity contribution in [3.63, 3.8) is 0 Å². The molecule has 0 amide bonds. The Bertz CT molecular complexity index is 1070. The Hall–Kier alpha value is -1.28. The van der Waals surface area contributed by atoms with E-state index >= 15 is 0 Å². The lowest BCUT2D eigenvalue weighted by atomic mass is 10.0. The molecule has 0 aliphatic heterocycles. The summed E-state index contributed by atoms with van der Waals surface area (Å²) < 4.78 is 33.6. The van der Waals surface area contributed by atoms with Gasteiger partial charge in [0.1, 0.15) is 6.10 Å². The van der Waals surface area contributed by atoms with Gasteiger partial charge in [0.15, 0.2) is 0 Å². The van der Waals surface area contributed by atoms with E-state index < -0.39 is 13.9 Å². The molecule has 8 nitrogen and oxygen atoms in total. The Labute approximate surface area is 390 Å². The number of ether oxygens (including phenoxy) is 2. The number of hydrogen-bond acceptors (Lipinski definition) is 7. The highest BCUT2D eigenvalue weighted by Gasteiger charge is 2.25. The number of hydrogen-bond donors (Lipinski definition) is 2. The molecule has 0 aromatic rings. The summed E-state index contributed by atoms with van der Waals surface area (Å²) in [7, 11) is -4.28. The van der Waals surface area contributed by atoms with Crippen molar-refractivity contribution in [2.75, 3.05) is 33.0 Å². The van der Waals surface area contributed by atoms with Crippen LogP contribution in [0.5, 0.6) is 0 Å². The van der Waals surface area contributed by atoms with Crippen LogP contribution in [0.2, 0.25) is 0 Å². The van der Waals surface area contributed by atoms with Crippen LogP contribution >= 0.6 is 7.82 Å². The zero-order chi connectivity index (χ0) is 45.8. The molecule has 0 heterocycles. The Morgan fingerprint density at radius 1 is 0.476 bits per heavy atom. The van der Waals surface area contributed by atoms with Gasteiger partial charge in [-0.3, -0.25) is 13.8 Å². The van der Waals surface area contributed by atoms with Crippen LogP contribution in [0.1, 0.15) is 264 Å². The van der Waals surface area contributed by atoms with Crippen molar-refractivity contribution < 1.29 is 32.8 Å². The number of allylic oxidation sites excluding steroid dienone is 6. The lowest BCUT2D eigenvalue weighted by Gasteiger charge is -2.20. The summed E-state index contributed by atoms with van der Waals surface area (Å²) in [6, 6.07) is 0. The van der Waals surface area contributed by atoms with Gasteiger partial charge in [-0.1, -0.05) is 224 Å². The second-order valence-electron chi connectivity index (χ2n) is 18.1. The van der Waals surface area contributed by atoms with E-state index in [9.17, 15) is 14.3 Å². The van der Waals surface area contributed by atoms with Crippen LogP contribution in [0.25, 0.3) is 0 Å². The van der Waals surface area contributed by atoms with E-state index in [0.717, 1.165) is 38.5 Å². The second kappa shape index (κ2) is 51.7. The van der Waals surface area contributed by atoms with Gasteiger partial charge in [0, 0.05) is 19.6 Å². The van der Waals surface area contributed by atoms with Gasteiger partial charge in [-0.05, 0) is 70.6 Å². The smallest absolute Gasteiger partial charge is 0.457 e. The third-order valence-electron chi connectivity index (χ3n) is 11.8. The molecular formula is C54H104NO7P. The molecule has 2 unspecified atom stereocenters. The summed E-state index contributed by atoms with van der Waals surface area (Å²) in [6.07, 6.45) is 61.8. The van der Waals surface area contributed by atoms with Crippen molar-refractivity contribution in [1.29, 1.82) is 0 Å². The first-order chi connectivity index (χ1) is 30.9. The molecule has 372 valence electrons. The van der Waals surface area contributed by atoms with Crippen molar-refractivity contribution in [3.8, 4) is 0 Å². The quantitative estimate of drug-likeness (QED) is 0.0268. The summed E-state index contributed by atoms with van der Waals surface area (Å²) in [5, 5.41) is 0. The van der Waals surface area contributed by atoms with Gasteiger partial charge in [0.2, 0.25) is 0 Å². The molecule has 0 bridgehead atoms. The lowest BCUT2D eigenvalue weighted by molar-refractivity contribution is -0.154.